The number of nitro benzene ring substituents is 1. The minimum absolute atomic E-state index is 0.0926. The lowest BCUT2D eigenvalue weighted by atomic mass is 10.2. The van der Waals surface area contributed by atoms with Gasteiger partial charge in [-0.2, -0.15) is 13.5 Å². The molecule has 2 rings (SSSR count). The standard InChI is InChI=1S/C15H14ClN5O5S/c1-10-2-6-13(7-3-10)27(24,25)26-20-15(17)19-18-9-11-4-5-12(16)8-14(11)21(22)23/h2-9H,1H3,(H3,17,19,20). The maximum Gasteiger partial charge on any atom is 0.358 e. The first-order valence-corrected chi connectivity index (χ1v) is 9.04. The third-order valence-electron chi connectivity index (χ3n) is 3.12. The van der Waals surface area contributed by atoms with Gasteiger partial charge in [0.1, 0.15) is 4.90 Å². The zero-order valence-electron chi connectivity index (χ0n) is 13.9. The number of hydrazone groups is 1. The maximum atomic E-state index is 12.0. The Balaban J connectivity index is 2.05. The van der Waals surface area contributed by atoms with Crippen LogP contribution < -0.4 is 11.2 Å². The summed E-state index contributed by atoms with van der Waals surface area (Å²) in [5, 5.41) is 18.0. The number of nitro groups is 1. The molecule has 0 spiro atoms. The van der Waals surface area contributed by atoms with Gasteiger partial charge in [-0.15, -0.1) is 0 Å². The van der Waals surface area contributed by atoms with Crippen LogP contribution in [-0.4, -0.2) is 25.5 Å². The molecule has 0 amide bonds. The van der Waals surface area contributed by atoms with E-state index in [1.165, 1.54) is 24.3 Å². The van der Waals surface area contributed by atoms with E-state index in [9.17, 15) is 18.5 Å². The molecule has 142 valence electrons. The van der Waals surface area contributed by atoms with Gasteiger partial charge in [-0.1, -0.05) is 29.3 Å². The van der Waals surface area contributed by atoms with Crippen LogP contribution in [0.1, 0.15) is 11.1 Å². The number of hydrogen-bond acceptors (Lipinski definition) is 7. The molecule has 0 aliphatic carbocycles. The van der Waals surface area contributed by atoms with Gasteiger partial charge in [-0.3, -0.25) is 14.4 Å². The van der Waals surface area contributed by atoms with Crippen molar-refractivity contribution >= 4 is 39.6 Å². The van der Waals surface area contributed by atoms with Gasteiger partial charge < -0.3 is 5.73 Å². The van der Waals surface area contributed by atoms with Crippen molar-refractivity contribution in [2.24, 2.45) is 16.0 Å². The molecule has 0 aliphatic heterocycles. The van der Waals surface area contributed by atoms with Crippen molar-refractivity contribution in [3.63, 3.8) is 0 Å². The van der Waals surface area contributed by atoms with Gasteiger partial charge >= 0.3 is 10.1 Å². The molecule has 0 atom stereocenters. The van der Waals surface area contributed by atoms with E-state index >= 15 is 0 Å². The van der Waals surface area contributed by atoms with Gasteiger partial charge in [-0.05, 0) is 36.3 Å². The molecule has 10 nitrogen and oxygen atoms in total. The molecule has 0 radical (unpaired) electrons. The second kappa shape index (κ2) is 8.47. The Bertz CT molecular complexity index is 1010. The van der Waals surface area contributed by atoms with Crippen LogP contribution in [0.5, 0.6) is 0 Å². The number of rotatable bonds is 6. The van der Waals surface area contributed by atoms with Gasteiger partial charge in [0.15, 0.2) is 0 Å². The molecule has 0 fully saturated rings. The fraction of sp³-hybridized carbons (Fsp3) is 0.0667. The number of nitrogens with one attached hydrogen (secondary N) is 1. The average molecular weight is 412 g/mol. The van der Waals surface area contributed by atoms with Gasteiger partial charge in [-0.25, -0.2) is 5.43 Å². The summed E-state index contributed by atoms with van der Waals surface area (Å²) in [6.07, 6.45) is 1.10. The highest BCUT2D eigenvalue weighted by molar-refractivity contribution is 7.86. The van der Waals surface area contributed by atoms with Crippen molar-refractivity contribution in [1.29, 1.82) is 0 Å². The number of benzene rings is 2. The van der Waals surface area contributed by atoms with Crippen LogP contribution in [0.25, 0.3) is 0 Å². The lowest BCUT2D eigenvalue weighted by Gasteiger charge is -2.03. The molecule has 3 N–H and O–H groups in total. The Labute approximate surface area is 159 Å². The van der Waals surface area contributed by atoms with Crippen LogP contribution in [0.3, 0.4) is 0 Å². The van der Waals surface area contributed by atoms with Crippen LogP contribution in [0.2, 0.25) is 5.02 Å². The minimum atomic E-state index is -4.14. The van der Waals surface area contributed by atoms with E-state index in [0.29, 0.717) is 0 Å². The summed E-state index contributed by atoms with van der Waals surface area (Å²) in [5.74, 6) is -0.474. The van der Waals surface area contributed by atoms with E-state index < -0.39 is 21.0 Å². The molecule has 0 unspecified atom stereocenters. The highest BCUT2D eigenvalue weighted by Gasteiger charge is 2.15. The zero-order valence-corrected chi connectivity index (χ0v) is 15.4. The van der Waals surface area contributed by atoms with Gasteiger partial charge in [0.2, 0.25) is 0 Å². The topological polar surface area (TPSA) is 149 Å². The molecule has 0 saturated carbocycles. The quantitative estimate of drug-likeness (QED) is 0.320. The number of nitrogens with zero attached hydrogens (tertiary/aromatic N) is 3. The molecule has 2 aromatic rings. The first-order valence-electron chi connectivity index (χ1n) is 7.26. The Morgan fingerprint density at radius 3 is 2.59 bits per heavy atom. The van der Waals surface area contributed by atoms with Crippen LogP contribution in [-0.2, 0) is 14.4 Å². The monoisotopic (exact) mass is 411 g/mol. The van der Waals surface area contributed by atoms with E-state index in [-0.39, 0.29) is 21.2 Å². The van der Waals surface area contributed by atoms with Crippen LogP contribution in [0.15, 0.2) is 57.6 Å². The molecular weight excluding hydrogens is 398 g/mol. The summed E-state index contributed by atoms with van der Waals surface area (Å²) in [6.45, 7) is 1.81. The molecule has 2 aromatic carbocycles. The third-order valence-corrected chi connectivity index (χ3v) is 4.47. The average Bonchev–Trinajstić information content (AvgIpc) is 2.61. The fourth-order valence-electron chi connectivity index (χ4n) is 1.81. The first-order chi connectivity index (χ1) is 12.7. The second-order valence-electron chi connectivity index (χ2n) is 5.15. The number of nitrogens with two attached hydrogens (primary N) is 1. The Morgan fingerprint density at radius 2 is 1.96 bits per heavy atom. The lowest BCUT2D eigenvalue weighted by molar-refractivity contribution is -0.385. The summed E-state index contributed by atoms with van der Waals surface area (Å²) in [7, 11) is -4.14. The Kier molecular flexibility index (Phi) is 6.32. The maximum absolute atomic E-state index is 12.0. The number of oxime groups is 1. The predicted molar refractivity (Wildman–Crippen MR) is 99.9 cm³/mol. The molecule has 12 heteroatoms. The number of aryl methyl sites for hydroxylation is 1. The summed E-state index contributed by atoms with van der Waals surface area (Å²) in [6, 6.07) is 9.93. The normalized spacial score (nSPS) is 12.1. The Morgan fingerprint density at radius 1 is 1.30 bits per heavy atom. The number of halogens is 1. The van der Waals surface area contributed by atoms with Crippen LogP contribution in [0, 0.1) is 17.0 Å². The largest absolute Gasteiger partial charge is 0.366 e. The SMILES string of the molecule is Cc1ccc(S(=O)(=O)ON=C(N)NN=Cc2ccc(Cl)cc2[N+](=O)[O-])cc1. The predicted octanol–water partition coefficient (Wildman–Crippen LogP) is 2.12. The van der Waals surface area contributed by atoms with E-state index in [4.69, 9.17) is 17.3 Å². The molecule has 27 heavy (non-hydrogen) atoms. The smallest absolute Gasteiger partial charge is 0.358 e. The molecule has 0 aliphatic rings. The number of guanidine groups is 1. The first kappa shape index (κ1) is 20.1. The summed E-state index contributed by atoms with van der Waals surface area (Å²) in [4.78, 5) is 10.3. The minimum Gasteiger partial charge on any atom is -0.366 e. The highest BCUT2D eigenvalue weighted by Crippen LogP contribution is 2.21. The van der Waals surface area contributed by atoms with Crippen molar-refractivity contribution in [3.8, 4) is 0 Å². The fourth-order valence-corrected chi connectivity index (χ4v) is 2.71. The molecule has 0 bridgehead atoms. The third kappa shape index (κ3) is 5.66. The van der Waals surface area contributed by atoms with E-state index in [1.54, 1.807) is 19.1 Å². The van der Waals surface area contributed by atoms with E-state index in [1.807, 2.05) is 0 Å². The van der Waals surface area contributed by atoms with Crippen LogP contribution >= 0.6 is 11.6 Å². The molecule has 0 saturated heterocycles. The van der Waals surface area contributed by atoms with Crippen molar-refractivity contribution in [1.82, 2.24) is 5.43 Å². The van der Waals surface area contributed by atoms with Gasteiger partial charge in [0, 0.05) is 11.1 Å². The van der Waals surface area contributed by atoms with E-state index in [2.05, 4.69) is 20.0 Å². The lowest BCUT2D eigenvalue weighted by Crippen LogP contribution is -2.28. The van der Waals surface area contributed by atoms with E-state index in [0.717, 1.165) is 17.8 Å². The van der Waals surface area contributed by atoms with Crippen molar-refractivity contribution in [2.75, 3.05) is 0 Å². The zero-order chi connectivity index (χ0) is 20.0. The molecule has 0 aromatic heterocycles. The highest BCUT2D eigenvalue weighted by atomic mass is 35.5. The summed E-state index contributed by atoms with van der Waals surface area (Å²) in [5.41, 5.74) is 8.41. The second-order valence-corrected chi connectivity index (χ2v) is 7.11. The van der Waals surface area contributed by atoms with Crippen molar-refractivity contribution < 1.29 is 17.6 Å². The number of hydrogen-bond donors (Lipinski definition) is 2. The van der Waals surface area contributed by atoms with Crippen LogP contribution in [0.4, 0.5) is 5.69 Å². The molecule has 0 heterocycles. The van der Waals surface area contributed by atoms with Crippen molar-refractivity contribution in [2.45, 2.75) is 11.8 Å². The summed E-state index contributed by atoms with van der Waals surface area (Å²) >= 11 is 5.71. The summed E-state index contributed by atoms with van der Waals surface area (Å²) < 4.78 is 28.4. The Hall–Kier alpha value is -3.18. The molecular formula is C15H14ClN5O5S. The van der Waals surface area contributed by atoms with Gasteiger partial charge in [0.25, 0.3) is 11.6 Å². The van der Waals surface area contributed by atoms with Crippen molar-refractivity contribution in [3.05, 3.63) is 68.7 Å². The van der Waals surface area contributed by atoms with Gasteiger partial charge in [0.05, 0.1) is 16.7 Å².